The first-order valence-electron chi connectivity index (χ1n) is 6.58. The van der Waals surface area contributed by atoms with Crippen LogP contribution in [-0.2, 0) is 4.79 Å². The number of ketones is 1. The van der Waals surface area contributed by atoms with Gasteiger partial charge in [0, 0.05) is 24.6 Å². The Kier molecular flexibility index (Phi) is 6.78. The lowest BCUT2D eigenvalue weighted by molar-refractivity contribution is -0.111. The molecule has 0 unspecified atom stereocenters. The average Bonchev–Trinajstić information content (AvgIpc) is 2.47. The summed E-state index contributed by atoms with van der Waals surface area (Å²) in [5.74, 6) is -0.809. The van der Waals surface area contributed by atoms with Crippen molar-refractivity contribution in [1.82, 2.24) is 5.32 Å². The Labute approximate surface area is 137 Å². The van der Waals surface area contributed by atoms with Crippen LogP contribution in [0.25, 0.3) is 0 Å². The molecule has 0 bridgehead atoms. The van der Waals surface area contributed by atoms with E-state index in [9.17, 15) is 9.18 Å². The topological polar surface area (TPSA) is 91.0 Å². The molecule has 1 aromatic rings. The van der Waals surface area contributed by atoms with Crippen molar-refractivity contribution in [3.05, 3.63) is 51.7 Å². The molecule has 0 heterocycles. The van der Waals surface area contributed by atoms with Crippen molar-refractivity contribution in [2.75, 3.05) is 11.9 Å². The number of hydrogen-bond donors (Lipinski definition) is 4. The number of nitrogens with one attached hydrogen (secondary N) is 3. The van der Waals surface area contributed by atoms with E-state index >= 15 is 0 Å². The Bertz CT molecular complexity index is 640. The number of Topliss-reactive ketones (excluding diaryl/α,β-unsaturated/α-hetero) is 1. The minimum absolute atomic E-state index is 0.100. The van der Waals surface area contributed by atoms with Gasteiger partial charge in [-0.15, -0.1) is 0 Å². The fourth-order valence-electron chi connectivity index (χ4n) is 1.71. The molecule has 22 heavy (non-hydrogen) atoms. The average molecular weight is 369 g/mol. The van der Waals surface area contributed by atoms with E-state index in [1.165, 1.54) is 18.2 Å². The summed E-state index contributed by atoms with van der Waals surface area (Å²) in [5, 5.41) is 13.2. The maximum atomic E-state index is 13.1. The van der Waals surface area contributed by atoms with E-state index in [0.29, 0.717) is 22.4 Å². The van der Waals surface area contributed by atoms with E-state index < -0.39 is 5.78 Å². The molecule has 0 saturated carbocycles. The number of halogens is 2. The molecule has 7 heteroatoms. The Morgan fingerprint density at radius 2 is 2.18 bits per heavy atom. The molecule has 0 aliphatic heterocycles. The van der Waals surface area contributed by atoms with Crippen LogP contribution >= 0.6 is 15.9 Å². The van der Waals surface area contributed by atoms with Gasteiger partial charge in [0.1, 0.15) is 11.5 Å². The smallest absolute Gasteiger partial charge is 0.214 e. The minimum atomic E-state index is -0.450. The van der Waals surface area contributed by atoms with Crippen LogP contribution in [0, 0.1) is 18.2 Å². The third kappa shape index (κ3) is 4.42. The van der Waals surface area contributed by atoms with Crippen LogP contribution in [0.3, 0.4) is 0 Å². The predicted molar refractivity (Wildman–Crippen MR) is 90.5 cm³/mol. The summed E-state index contributed by atoms with van der Waals surface area (Å²) in [5.41, 5.74) is 6.95. The first-order chi connectivity index (χ1) is 10.4. The van der Waals surface area contributed by atoms with Crippen molar-refractivity contribution in [2.45, 2.75) is 13.8 Å². The standard InChI is InChI=1S/C15H18BrFN4O/c1-3-20-15(16)11(7-18)14(22)13(8-19)21-12-5-4-10(17)6-9(12)2/h4-8,18,20-21H,3,19H2,1-2H3/b13-8-,15-11+,18-7?. The maximum absolute atomic E-state index is 13.1. The van der Waals surface area contributed by atoms with E-state index in [-0.39, 0.29) is 17.1 Å². The van der Waals surface area contributed by atoms with Crippen LogP contribution < -0.4 is 16.4 Å². The first-order valence-corrected chi connectivity index (χ1v) is 7.37. The lowest BCUT2D eigenvalue weighted by Crippen LogP contribution is -2.21. The summed E-state index contributed by atoms with van der Waals surface area (Å²) < 4.78 is 13.5. The van der Waals surface area contributed by atoms with Crippen LogP contribution in [0.2, 0.25) is 0 Å². The zero-order valence-electron chi connectivity index (χ0n) is 12.3. The number of carbonyl (C=O) groups is 1. The molecular weight excluding hydrogens is 351 g/mol. The van der Waals surface area contributed by atoms with Crippen molar-refractivity contribution >= 4 is 33.6 Å². The number of benzene rings is 1. The van der Waals surface area contributed by atoms with Crippen LogP contribution in [0.15, 0.2) is 40.3 Å². The van der Waals surface area contributed by atoms with Gasteiger partial charge in [-0.05, 0) is 53.5 Å². The largest absolute Gasteiger partial charge is 0.403 e. The normalized spacial score (nSPS) is 12.5. The first kappa shape index (κ1) is 17.9. The van der Waals surface area contributed by atoms with E-state index in [4.69, 9.17) is 11.1 Å². The second-order valence-electron chi connectivity index (χ2n) is 4.40. The molecule has 0 fully saturated rings. The molecular formula is C15H18BrFN4O. The second-order valence-corrected chi connectivity index (χ2v) is 5.19. The van der Waals surface area contributed by atoms with Gasteiger partial charge in [0.15, 0.2) is 0 Å². The molecule has 0 atom stereocenters. The molecule has 1 rings (SSSR count). The number of carbonyl (C=O) groups excluding carboxylic acids is 1. The zero-order valence-corrected chi connectivity index (χ0v) is 13.9. The molecule has 1 aromatic carbocycles. The van der Waals surface area contributed by atoms with Crippen LogP contribution in [-0.4, -0.2) is 18.5 Å². The Balaban J connectivity index is 3.08. The number of hydrogen-bond acceptors (Lipinski definition) is 5. The monoisotopic (exact) mass is 368 g/mol. The van der Waals surface area contributed by atoms with Gasteiger partial charge in [-0.1, -0.05) is 0 Å². The fourth-order valence-corrected chi connectivity index (χ4v) is 2.29. The fraction of sp³-hybridized carbons (Fsp3) is 0.200. The quantitative estimate of drug-likeness (QED) is 0.338. The highest BCUT2D eigenvalue weighted by atomic mass is 79.9. The van der Waals surface area contributed by atoms with Gasteiger partial charge in [-0.25, -0.2) is 4.39 Å². The summed E-state index contributed by atoms with van der Waals surface area (Å²) in [6.45, 7) is 4.18. The highest BCUT2D eigenvalue weighted by Crippen LogP contribution is 2.20. The third-order valence-corrected chi connectivity index (χ3v) is 3.53. The SMILES string of the molecule is CCN/C(Br)=C(\C=N)C(=O)/C(=C/N)Nc1ccc(F)cc1C. The third-order valence-electron chi connectivity index (χ3n) is 2.83. The van der Waals surface area contributed by atoms with E-state index in [2.05, 4.69) is 26.6 Å². The van der Waals surface area contributed by atoms with Gasteiger partial charge < -0.3 is 21.8 Å². The molecule has 0 amide bonds. The van der Waals surface area contributed by atoms with Gasteiger partial charge in [0.2, 0.25) is 5.78 Å². The van der Waals surface area contributed by atoms with Gasteiger partial charge in [-0.3, -0.25) is 4.79 Å². The van der Waals surface area contributed by atoms with Crippen LogP contribution in [0.4, 0.5) is 10.1 Å². The van der Waals surface area contributed by atoms with Crippen molar-refractivity contribution in [3.63, 3.8) is 0 Å². The molecule has 0 spiro atoms. The molecule has 5 nitrogen and oxygen atoms in total. The Hall–Kier alpha value is -2.15. The minimum Gasteiger partial charge on any atom is -0.403 e. The maximum Gasteiger partial charge on any atom is 0.214 e. The molecule has 0 aliphatic rings. The van der Waals surface area contributed by atoms with Crippen LogP contribution in [0.1, 0.15) is 12.5 Å². The summed E-state index contributed by atoms with van der Waals surface area (Å²) in [6, 6.07) is 4.16. The summed E-state index contributed by atoms with van der Waals surface area (Å²) in [7, 11) is 0. The van der Waals surface area contributed by atoms with Crippen molar-refractivity contribution in [1.29, 1.82) is 5.41 Å². The summed E-state index contributed by atoms with van der Waals surface area (Å²) >= 11 is 3.22. The van der Waals surface area contributed by atoms with E-state index in [1.807, 2.05) is 6.92 Å². The van der Waals surface area contributed by atoms with Crippen LogP contribution in [0.5, 0.6) is 0 Å². The van der Waals surface area contributed by atoms with E-state index in [0.717, 1.165) is 12.4 Å². The number of allylic oxidation sites excluding steroid dienone is 1. The molecule has 0 radical (unpaired) electrons. The Morgan fingerprint density at radius 1 is 1.50 bits per heavy atom. The lowest BCUT2D eigenvalue weighted by Gasteiger charge is -2.13. The summed E-state index contributed by atoms with van der Waals surface area (Å²) in [4.78, 5) is 12.4. The van der Waals surface area contributed by atoms with Crippen molar-refractivity contribution in [3.8, 4) is 0 Å². The van der Waals surface area contributed by atoms with E-state index in [1.54, 1.807) is 6.92 Å². The molecule has 0 aromatic heterocycles. The van der Waals surface area contributed by atoms with Gasteiger partial charge in [-0.2, -0.15) is 0 Å². The summed E-state index contributed by atoms with van der Waals surface area (Å²) in [6.07, 6.45) is 2.07. The second kappa shape index (κ2) is 8.33. The number of anilines is 1. The molecule has 0 saturated heterocycles. The van der Waals surface area contributed by atoms with Gasteiger partial charge in [0.05, 0.1) is 10.2 Å². The molecule has 118 valence electrons. The number of rotatable bonds is 7. The number of nitrogens with two attached hydrogens (primary N) is 1. The lowest BCUT2D eigenvalue weighted by atomic mass is 10.1. The predicted octanol–water partition coefficient (Wildman–Crippen LogP) is 2.78. The zero-order chi connectivity index (χ0) is 16.7. The number of aryl methyl sites for hydroxylation is 1. The highest BCUT2D eigenvalue weighted by molar-refractivity contribution is 9.11. The van der Waals surface area contributed by atoms with Crippen molar-refractivity contribution < 1.29 is 9.18 Å². The molecule has 0 aliphatic carbocycles. The van der Waals surface area contributed by atoms with Crippen molar-refractivity contribution in [2.24, 2.45) is 5.73 Å². The Morgan fingerprint density at radius 3 is 2.68 bits per heavy atom. The highest BCUT2D eigenvalue weighted by Gasteiger charge is 2.17. The van der Waals surface area contributed by atoms with Gasteiger partial charge >= 0.3 is 0 Å². The van der Waals surface area contributed by atoms with Gasteiger partial charge in [0.25, 0.3) is 0 Å². The molecule has 5 N–H and O–H groups in total.